The third-order valence-corrected chi connectivity index (χ3v) is 7.40. The van der Waals surface area contributed by atoms with Gasteiger partial charge in [-0.25, -0.2) is 4.98 Å². The Bertz CT molecular complexity index is 1100. The van der Waals surface area contributed by atoms with E-state index in [9.17, 15) is 0 Å². The van der Waals surface area contributed by atoms with Gasteiger partial charge in [0.2, 0.25) is 0 Å². The lowest BCUT2D eigenvalue weighted by Crippen LogP contribution is -2.21. The molecule has 2 aromatic heterocycles. The predicted octanol–water partition coefficient (Wildman–Crippen LogP) is 5.34. The number of rotatable bonds is 8. The van der Waals surface area contributed by atoms with Crippen LogP contribution in [0.2, 0.25) is 0 Å². The highest BCUT2D eigenvalue weighted by molar-refractivity contribution is 7.98. The normalized spacial score (nSPS) is 14.3. The number of hydrogen-bond donors (Lipinski definition) is 0. The fourth-order valence-electron chi connectivity index (χ4n) is 3.83. The fourth-order valence-corrected chi connectivity index (χ4v) is 5.61. The van der Waals surface area contributed by atoms with Crippen LogP contribution < -0.4 is 0 Å². The third kappa shape index (κ3) is 5.06. The first-order valence-electron chi connectivity index (χ1n) is 10.7. The number of hydrogen-bond acceptors (Lipinski definition) is 6. The van der Waals surface area contributed by atoms with Gasteiger partial charge in [-0.1, -0.05) is 72.4 Å². The van der Waals surface area contributed by atoms with E-state index in [1.165, 1.54) is 24.0 Å². The van der Waals surface area contributed by atoms with Crippen LogP contribution in [0.4, 0.5) is 0 Å². The van der Waals surface area contributed by atoms with Crippen LogP contribution in [0.5, 0.6) is 0 Å². The Balaban J connectivity index is 1.33. The maximum absolute atomic E-state index is 4.83. The van der Waals surface area contributed by atoms with Crippen molar-refractivity contribution in [1.82, 2.24) is 24.6 Å². The lowest BCUT2D eigenvalue weighted by Gasteiger charge is -2.16. The summed E-state index contributed by atoms with van der Waals surface area (Å²) in [6, 6.07) is 20.9. The highest BCUT2D eigenvalue weighted by atomic mass is 32.2. The van der Waals surface area contributed by atoms with Crippen molar-refractivity contribution in [3.63, 3.8) is 0 Å². The van der Waals surface area contributed by atoms with Crippen LogP contribution in [0.3, 0.4) is 0 Å². The molecule has 0 bridgehead atoms. The fraction of sp³-hybridized carbons (Fsp3) is 0.292. The molecule has 3 heterocycles. The van der Waals surface area contributed by atoms with Gasteiger partial charge in [0.05, 0.1) is 18.8 Å². The standard InChI is InChI=1S/C24H25N5S2/c1-3-9-19(10-4-1)15-29-22(16-28-13-7-8-14-28)26-27-24(29)31-18-21-17-30-23(25-21)20-11-5-2-6-12-20/h1-6,9-12,17H,7-8,13-16,18H2. The summed E-state index contributed by atoms with van der Waals surface area (Å²) in [7, 11) is 0. The highest BCUT2D eigenvalue weighted by Crippen LogP contribution is 2.28. The van der Waals surface area contributed by atoms with Crippen molar-refractivity contribution in [1.29, 1.82) is 0 Å². The number of thiazole rings is 1. The third-order valence-electron chi connectivity index (χ3n) is 5.46. The Kier molecular flexibility index (Phi) is 6.43. The number of thioether (sulfide) groups is 1. The van der Waals surface area contributed by atoms with Crippen molar-refractivity contribution >= 4 is 23.1 Å². The van der Waals surface area contributed by atoms with E-state index >= 15 is 0 Å². The molecule has 1 fully saturated rings. The van der Waals surface area contributed by atoms with E-state index in [2.05, 4.69) is 79.6 Å². The molecule has 4 aromatic rings. The Hall–Kier alpha value is -2.48. The van der Waals surface area contributed by atoms with Crippen molar-refractivity contribution in [2.45, 2.75) is 36.8 Å². The summed E-state index contributed by atoms with van der Waals surface area (Å²) in [4.78, 5) is 7.31. The van der Waals surface area contributed by atoms with Crippen LogP contribution in [0.25, 0.3) is 10.6 Å². The van der Waals surface area contributed by atoms with E-state index in [4.69, 9.17) is 4.98 Å². The van der Waals surface area contributed by atoms with Gasteiger partial charge in [0.25, 0.3) is 0 Å². The zero-order chi connectivity index (χ0) is 20.9. The summed E-state index contributed by atoms with van der Waals surface area (Å²) in [5.74, 6) is 1.84. The van der Waals surface area contributed by atoms with Gasteiger partial charge in [-0.05, 0) is 31.5 Å². The van der Waals surface area contributed by atoms with Crippen molar-refractivity contribution in [2.24, 2.45) is 0 Å². The molecule has 0 radical (unpaired) electrons. The monoisotopic (exact) mass is 447 g/mol. The second-order valence-electron chi connectivity index (χ2n) is 7.75. The maximum Gasteiger partial charge on any atom is 0.191 e. The first kappa shape index (κ1) is 20.4. The maximum atomic E-state index is 4.83. The van der Waals surface area contributed by atoms with Crippen molar-refractivity contribution in [3.8, 4) is 10.6 Å². The van der Waals surface area contributed by atoms with Gasteiger partial charge in [0.15, 0.2) is 5.16 Å². The summed E-state index contributed by atoms with van der Waals surface area (Å²) in [5, 5.41) is 13.3. The number of likely N-dealkylation sites (tertiary alicyclic amines) is 1. The second kappa shape index (κ2) is 9.77. The number of benzene rings is 2. The Morgan fingerprint density at radius 1 is 0.871 bits per heavy atom. The molecule has 158 valence electrons. The topological polar surface area (TPSA) is 46.8 Å². The summed E-state index contributed by atoms with van der Waals surface area (Å²) in [6.45, 7) is 3.98. The molecule has 0 amide bonds. The molecule has 0 unspecified atom stereocenters. The smallest absolute Gasteiger partial charge is 0.191 e. The average molecular weight is 448 g/mol. The largest absolute Gasteiger partial charge is 0.300 e. The minimum Gasteiger partial charge on any atom is -0.300 e. The average Bonchev–Trinajstić information content (AvgIpc) is 3.57. The van der Waals surface area contributed by atoms with E-state index in [0.29, 0.717) is 0 Å². The lowest BCUT2D eigenvalue weighted by atomic mass is 10.2. The van der Waals surface area contributed by atoms with Crippen LogP contribution in [-0.4, -0.2) is 37.7 Å². The van der Waals surface area contributed by atoms with Crippen LogP contribution in [0.15, 0.2) is 71.2 Å². The van der Waals surface area contributed by atoms with Crippen LogP contribution >= 0.6 is 23.1 Å². The molecule has 1 saturated heterocycles. The first-order chi connectivity index (χ1) is 15.3. The number of aromatic nitrogens is 4. The molecule has 1 aliphatic heterocycles. The number of nitrogens with zero attached hydrogens (tertiary/aromatic N) is 5. The molecule has 0 N–H and O–H groups in total. The minimum atomic E-state index is 0.792. The van der Waals surface area contributed by atoms with Crippen LogP contribution in [0.1, 0.15) is 29.9 Å². The predicted molar refractivity (Wildman–Crippen MR) is 127 cm³/mol. The summed E-state index contributed by atoms with van der Waals surface area (Å²) in [5.41, 5.74) is 3.53. The molecule has 0 spiro atoms. The lowest BCUT2D eigenvalue weighted by molar-refractivity contribution is 0.316. The molecular weight excluding hydrogens is 422 g/mol. The SMILES string of the molecule is c1ccc(Cn2c(CN3CCCC3)nnc2SCc2csc(-c3ccccc3)n2)cc1. The van der Waals surface area contributed by atoms with E-state index < -0.39 is 0 Å². The van der Waals surface area contributed by atoms with E-state index in [0.717, 1.165) is 53.6 Å². The van der Waals surface area contributed by atoms with Crippen molar-refractivity contribution in [2.75, 3.05) is 13.1 Å². The van der Waals surface area contributed by atoms with Crippen molar-refractivity contribution < 1.29 is 0 Å². The summed E-state index contributed by atoms with van der Waals surface area (Å²) < 4.78 is 2.28. The molecule has 1 aliphatic rings. The molecule has 0 aliphatic carbocycles. The van der Waals surface area contributed by atoms with Crippen LogP contribution in [0, 0.1) is 0 Å². The Morgan fingerprint density at radius 3 is 2.39 bits per heavy atom. The molecule has 0 atom stereocenters. The Labute approximate surface area is 191 Å². The van der Waals surface area contributed by atoms with E-state index in [1.807, 2.05) is 6.07 Å². The second-order valence-corrected chi connectivity index (χ2v) is 9.55. The molecule has 5 nitrogen and oxygen atoms in total. The van der Waals surface area contributed by atoms with Gasteiger partial charge in [-0.2, -0.15) is 0 Å². The summed E-state index contributed by atoms with van der Waals surface area (Å²) >= 11 is 3.42. The molecule has 7 heteroatoms. The highest BCUT2D eigenvalue weighted by Gasteiger charge is 2.19. The molecular formula is C24H25N5S2. The minimum absolute atomic E-state index is 0.792. The summed E-state index contributed by atoms with van der Waals surface area (Å²) in [6.07, 6.45) is 2.56. The molecule has 5 rings (SSSR count). The zero-order valence-corrected chi connectivity index (χ0v) is 19.0. The molecule has 0 saturated carbocycles. The van der Waals surface area contributed by atoms with Crippen molar-refractivity contribution in [3.05, 3.63) is 83.1 Å². The quantitative estimate of drug-likeness (QED) is 0.341. The van der Waals surface area contributed by atoms with E-state index in [1.54, 1.807) is 23.1 Å². The van der Waals surface area contributed by atoms with Crippen LogP contribution in [-0.2, 0) is 18.8 Å². The Morgan fingerprint density at radius 2 is 1.61 bits per heavy atom. The van der Waals surface area contributed by atoms with Gasteiger partial charge in [0.1, 0.15) is 10.8 Å². The van der Waals surface area contributed by atoms with Gasteiger partial charge in [0, 0.05) is 16.7 Å². The zero-order valence-electron chi connectivity index (χ0n) is 17.4. The van der Waals surface area contributed by atoms with Gasteiger partial charge in [-0.3, -0.25) is 4.90 Å². The van der Waals surface area contributed by atoms with Gasteiger partial charge >= 0.3 is 0 Å². The first-order valence-corrected chi connectivity index (χ1v) is 12.5. The van der Waals surface area contributed by atoms with E-state index in [-0.39, 0.29) is 0 Å². The van der Waals surface area contributed by atoms with Gasteiger partial charge < -0.3 is 4.57 Å². The molecule has 31 heavy (non-hydrogen) atoms. The molecule has 2 aromatic carbocycles. The van der Waals surface area contributed by atoms with Gasteiger partial charge in [-0.15, -0.1) is 21.5 Å².